The summed E-state index contributed by atoms with van der Waals surface area (Å²) < 4.78 is 0. The first kappa shape index (κ1) is 20.5. The highest BCUT2D eigenvalue weighted by atomic mass is 16.4. The van der Waals surface area contributed by atoms with Crippen molar-refractivity contribution in [2.75, 3.05) is 11.4 Å². The lowest BCUT2D eigenvalue weighted by Gasteiger charge is -2.26. The van der Waals surface area contributed by atoms with Crippen molar-refractivity contribution >= 4 is 23.5 Å². The molecule has 1 aliphatic rings. The normalized spacial score (nSPS) is 17.3. The van der Waals surface area contributed by atoms with Crippen LogP contribution in [0, 0.1) is 0 Å². The van der Waals surface area contributed by atoms with Gasteiger partial charge in [-0.05, 0) is 42.9 Å². The zero-order valence-electron chi connectivity index (χ0n) is 16.0. The van der Waals surface area contributed by atoms with Gasteiger partial charge in [-0.1, -0.05) is 48.5 Å². The van der Waals surface area contributed by atoms with Crippen molar-refractivity contribution in [1.82, 2.24) is 5.32 Å². The van der Waals surface area contributed by atoms with E-state index in [0.717, 1.165) is 11.1 Å². The fourth-order valence-electron chi connectivity index (χ4n) is 3.65. The van der Waals surface area contributed by atoms with E-state index in [-0.39, 0.29) is 0 Å². The Morgan fingerprint density at radius 1 is 1.07 bits per heavy atom. The van der Waals surface area contributed by atoms with Crippen LogP contribution in [-0.4, -0.2) is 46.7 Å². The first-order valence-corrected chi connectivity index (χ1v) is 9.59. The van der Waals surface area contributed by atoms with Crippen LogP contribution in [-0.2, 0) is 27.2 Å². The number of aliphatic carboxylic acids is 2. The van der Waals surface area contributed by atoms with Gasteiger partial charge in [-0.25, -0.2) is 0 Å². The van der Waals surface area contributed by atoms with Crippen LogP contribution in [0.1, 0.15) is 24.0 Å². The number of hydrogen-bond donors (Lipinski definition) is 3. The van der Waals surface area contributed by atoms with Gasteiger partial charge in [0.1, 0.15) is 12.6 Å². The Kier molecular flexibility index (Phi) is 6.61. The largest absolute Gasteiger partial charge is 0.480 e. The third-order valence-electron chi connectivity index (χ3n) is 5.11. The summed E-state index contributed by atoms with van der Waals surface area (Å²) in [5.74, 6) is -2.56. The second kappa shape index (κ2) is 9.34. The molecule has 0 saturated carbocycles. The molecule has 0 aromatic heterocycles. The number of carboxylic acids is 2. The van der Waals surface area contributed by atoms with E-state index in [1.54, 1.807) is 12.1 Å². The molecule has 1 amide bonds. The van der Waals surface area contributed by atoms with Crippen LogP contribution in [0.3, 0.4) is 0 Å². The summed E-state index contributed by atoms with van der Waals surface area (Å²) in [7, 11) is 0. The molecular formula is C22H24N2O5. The van der Waals surface area contributed by atoms with Crippen molar-refractivity contribution in [3.63, 3.8) is 0 Å². The Morgan fingerprint density at radius 2 is 1.76 bits per heavy atom. The van der Waals surface area contributed by atoms with Gasteiger partial charge in [0.25, 0.3) is 0 Å². The third kappa shape index (κ3) is 5.20. The Morgan fingerprint density at radius 3 is 2.45 bits per heavy atom. The van der Waals surface area contributed by atoms with Crippen molar-refractivity contribution in [3.05, 3.63) is 65.7 Å². The molecule has 0 unspecified atom stereocenters. The summed E-state index contributed by atoms with van der Waals surface area (Å²) in [5, 5.41) is 21.9. The van der Waals surface area contributed by atoms with Crippen LogP contribution in [0.15, 0.2) is 54.6 Å². The second-order valence-corrected chi connectivity index (χ2v) is 7.12. The number of rotatable bonds is 8. The van der Waals surface area contributed by atoms with Crippen molar-refractivity contribution in [1.29, 1.82) is 0 Å². The minimum absolute atomic E-state index is 0.328. The molecule has 7 heteroatoms. The maximum absolute atomic E-state index is 13.1. The number of hydrogen-bond acceptors (Lipinski definition) is 4. The molecule has 0 bridgehead atoms. The number of carbonyl (C=O) groups excluding carboxylic acids is 1. The number of anilines is 1. The minimum Gasteiger partial charge on any atom is -0.480 e. The first-order chi connectivity index (χ1) is 14.0. The number of nitrogens with one attached hydrogen (secondary N) is 1. The number of carboxylic acid groups (broad SMARTS) is 2. The van der Waals surface area contributed by atoms with E-state index in [0.29, 0.717) is 31.4 Å². The van der Waals surface area contributed by atoms with Crippen LogP contribution in [0.2, 0.25) is 0 Å². The molecule has 2 atom stereocenters. The van der Waals surface area contributed by atoms with Crippen LogP contribution in [0.4, 0.5) is 5.69 Å². The van der Waals surface area contributed by atoms with Crippen LogP contribution >= 0.6 is 0 Å². The van der Waals surface area contributed by atoms with Crippen LogP contribution in [0.5, 0.6) is 0 Å². The molecule has 0 aliphatic carbocycles. The van der Waals surface area contributed by atoms with Crippen LogP contribution < -0.4 is 10.2 Å². The van der Waals surface area contributed by atoms with Gasteiger partial charge in [0.2, 0.25) is 5.91 Å². The second-order valence-electron chi connectivity index (χ2n) is 7.12. The molecule has 3 rings (SSSR count). The lowest BCUT2D eigenvalue weighted by atomic mass is 10.0. The molecule has 29 heavy (non-hydrogen) atoms. The molecule has 0 spiro atoms. The first-order valence-electron chi connectivity index (χ1n) is 9.59. The summed E-state index contributed by atoms with van der Waals surface area (Å²) in [6, 6.07) is 15.1. The molecule has 0 saturated heterocycles. The number of fused-ring (bicyclic) bond motifs is 1. The van der Waals surface area contributed by atoms with E-state index >= 15 is 0 Å². The lowest BCUT2D eigenvalue weighted by molar-refractivity contribution is -0.140. The summed E-state index contributed by atoms with van der Waals surface area (Å²) in [4.78, 5) is 37.4. The van der Waals surface area contributed by atoms with Crippen LogP contribution in [0.25, 0.3) is 0 Å². The number of nitrogens with zero attached hydrogens (tertiary/aromatic N) is 1. The molecule has 0 radical (unpaired) electrons. The van der Waals surface area contributed by atoms with Gasteiger partial charge in [-0.2, -0.15) is 0 Å². The highest BCUT2D eigenvalue weighted by Gasteiger charge is 2.34. The third-order valence-corrected chi connectivity index (χ3v) is 5.11. The average Bonchev–Trinajstić information content (AvgIpc) is 2.83. The Balaban J connectivity index is 1.77. The number of benzene rings is 2. The van der Waals surface area contributed by atoms with E-state index in [4.69, 9.17) is 0 Å². The number of aryl methyl sites for hydroxylation is 2. The predicted octanol–water partition coefficient (Wildman–Crippen LogP) is 2.09. The fourth-order valence-corrected chi connectivity index (χ4v) is 3.65. The lowest BCUT2D eigenvalue weighted by Crippen LogP contribution is -2.52. The zero-order chi connectivity index (χ0) is 20.8. The van der Waals surface area contributed by atoms with Crippen molar-refractivity contribution in [2.45, 2.75) is 37.8 Å². The zero-order valence-corrected chi connectivity index (χ0v) is 16.0. The maximum atomic E-state index is 13.1. The molecule has 0 fully saturated rings. The van der Waals surface area contributed by atoms with Gasteiger partial charge in [-0.15, -0.1) is 0 Å². The van der Waals surface area contributed by atoms with Gasteiger partial charge < -0.3 is 10.2 Å². The molecule has 152 valence electrons. The predicted molar refractivity (Wildman–Crippen MR) is 108 cm³/mol. The summed E-state index contributed by atoms with van der Waals surface area (Å²) >= 11 is 0. The number of amides is 1. The standard InChI is InChI=1S/C22H24N2O5/c25-20(26)14-24-19-9-5-4-8-16(19)11-13-17(21(24)27)23-18(22(28)29)12-10-15-6-2-1-3-7-15/h1-9,17-18,23H,10-14H2,(H,25,26)(H,28,29)/t17-,18-/m0/s1. The van der Waals surface area contributed by atoms with E-state index in [2.05, 4.69) is 5.32 Å². The van der Waals surface area contributed by atoms with Gasteiger partial charge in [0.15, 0.2) is 0 Å². The van der Waals surface area contributed by atoms with Gasteiger partial charge >= 0.3 is 11.9 Å². The Labute approximate surface area is 169 Å². The van der Waals surface area contributed by atoms with Gasteiger partial charge in [-0.3, -0.25) is 24.6 Å². The van der Waals surface area contributed by atoms with E-state index < -0.39 is 36.5 Å². The molecule has 3 N–H and O–H groups in total. The quantitative estimate of drug-likeness (QED) is 0.631. The maximum Gasteiger partial charge on any atom is 0.323 e. The van der Waals surface area contributed by atoms with Gasteiger partial charge in [0, 0.05) is 5.69 Å². The molecule has 1 heterocycles. The summed E-state index contributed by atoms with van der Waals surface area (Å²) in [6.45, 7) is -0.463. The smallest absolute Gasteiger partial charge is 0.323 e. The molecule has 2 aromatic rings. The van der Waals surface area contributed by atoms with Crippen molar-refractivity contribution in [2.24, 2.45) is 0 Å². The van der Waals surface area contributed by atoms with E-state index in [1.165, 1.54) is 4.90 Å². The molecule has 7 nitrogen and oxygen atoms in total. The summed E-state index contributed by atoms with van der Waals surface area (Å²) in [5.41, 5.74) is 2.47. The molecule has 2 aromatic carbocycles. The molecular weight excluding hydrogens is 372 g/mol. The Bertz CT molecular complexity index is 884. The molecule has 1 aliphatic heterocycles. The van der Waals surface area contributed by atoms with Gasteiger partial charge in [0.05, 0.1) is 6.04 Å². The topological polar surface area (TPSA) is 107 Å². The number of carbonyl (C=O) groups is 3. The summed E-state index contributed by atoms with van der Waals surface area (Å²) in [6.07, 6.45) is 1.85. The fraction of sp³-hybridized carbons (Fsp3) is 0.318. The van der Waals surface area contributed by atoms with E-state index in [1.807, 2.05) is 42.5 Å². The highest BCUT2D eigenvalue weighted by Crippen LogP contribution is 2.27. The van der Waals surface area contributed by atoms with Crippen molar-refractivity contribution in [3.8, 4) is 0 Å². The highest BCUT2D eigenvalue weighted by molar-refractivity contribution is 6.02. The average molecular weight is 396 g/mol. The monoisotopic (exact) mass is 396 g/mol. The van der Waals surface area contributed by atoms with Crippen molar-refractivity contribution < 1.29 is 24.6 Å². The minimum atomic E-state index is -1.12. The van der Waals surface area contributed by atoms with E-state index in [9.17, 15) is 24.6 Å². The Hall–Kier alpha value is -3.19. The number of para-hydroxylation sites is 1. The SMILES string of the molecule is O=C(O)CN1C(=O)[C@@H](N[C@@H](CCc2ccccc2)C(=O)O)CCc2ccccc21.